The van der Waals surface area contributed by atoms with Gasteiger partial charge < -0.3 is 4.90 Å². The molecule has 0 unspecified atom stereocenters. The van der Waals surface area contributed by atoms with Crippen molar-refractivity contribution in [3.63, 3.8) is 0 Å². The van der Waals surface area contributed by atoms with Crippen LogP contribution in [0.2, 0.25) is 5.28 Å². The number of benzene rings is 1. The average Bonchev–Trinajstić information content (AvgIpc) is 2.15. The molecule has 0 aliphatic heterocycles. The molecule has 1 aromatic heterocycles. The molecule has 2 aromatic rings. The standard InChI is InChI=1S/C10H9ClIN3/c1-15(2)9-7-4-3-6(12)5-8(7)13-10(11)14-9/h3-5H,1-2H3. The molecule has 0 fully saturated rings. The minimum Gasteiger partial charge on any atom is -0.362 e. The van der Waals surface area contributed by atoms with Crippen LogP contribution in [-0.2, 0) is 0 Å². The minimum absolute atomic E-state index is 0.285. The van der Waals surface area contributed by atoms with Gasteiger partial charge in [0, 0.05) is 23.1 Å². The summed E-state index contributed by atoms with van der Waals surface area (Å²) in [5.41, 5.74) is 0.880. The van der Waals surface area contributed by atoms with Crippen molar-refractivity contribution < 1.29 is 0 Å². The van der Waals surface area contributed by atoms with E-state index in [1.54, 1.807) is 0 Å². The van der Waals surface area contributed by atoms with Crippen molar-refractivity contribution in [1.29, 1.82) is 0 Å². The number of anilines is 1. The van der Waals surface area contributed by atoms with Gasteiger partial charge in [0.2, 0.25) is 5.28 Å². The van der Waals surface area contributed by atoms with E-state index in [1.807, 2.05) is 37.2 Å². The molecule has 5 heteroatoms. The second kappa shape index (κ2) is 4.09. The molecule has 0 radical (unpaired) electrons. The average molecular weight is 334 g/mol. The Morgan fingerprint density at radius 2 is 2.00 bits per heavy atom. The van der Waals surface area contributed by atoms with Crippen molar-refractivity contribution in [1.82, 2.24) is 9.97 Å². The predicted octanol–water partition coefficient (Wildman–Crippen LogP) is 2.95. The minimum atomic E-state index is 0.285. The van der Waals surface area contributed by atoms with Crippen LogP contribution in [0.1, 0.15) is 0 Å². The third-order valence-corrected chi connectivity index (χ3v) is 2.88. The Morgan fingerprint density at radius 3 is 2.67 bits per heavy atom. The second-order valence-electron chi connectivity index (χ2n) is 3.37. The molecule has 0 atom stereocenters. The van der Waals surface area contributed by atoms with Crippen LogP contribution >= 0.6 is 34.2 Å². The Kier molecular flexibility index (Phi) is 2.97. The summed E-state index contributed by atoms with van der Waals surface area (Å²) in [6.07, 6.45) is 0. The molecule has 0 spiro atoms. The topological polar surface area (TPSA) is 29.0 Å². The summed E-state index contributed by atoms with van der Waals surface area (Å²) in [6.45, 7) is 0. The van der Waals surface area contributed by atoms with E-state index in [-0.39, 0.29) is 5.28 Å². The van der Waals surface area contributed by atoms with Crippen LogP contribution in [-0.4, -0.2) is 24.1 Å². The molecule has 0 N–H and O–H groups in total. The van der Waals surface area contributed by atoms with Crippen LogP contribution in [0.3, 0.4) is 0 Å². The fraction of sp³-hybridized carbons (Fsp3) is 0.200. The van der Waals surface area contributed by atoms with E-state index in [4.69, 9.17) is 11.6 Å². The first kappa shape index (κ1) is 10.9. The number of fused-ring (bicyclic) bond motifs is 1. The molecular weight excluding hydrogens is 324 g/mol. The maximum Gasteiger partial charge on any atom is 0.224 e. The van der Waals surface area contributed by atoms with Crippen LogP contribution in [0.15, 0.2) is 18.2 Å². The van der Waals surface area contributed by atoms with Crippen LogP contribution in [0, 0.1) is 3.57 Å². The van der Waals surface area contributed by atoms with E-state index >= 15 is 0 Å². The lowest BCUT2D eigenvalue weighted by atomic mass is 10.2. The molecular formula is C10H9ClIN3. The molecule has 2 rings (SSSR count). The molecule has 1 heterocycles. The van der Waals surface area contributed by atoms with Crippen LogP contribution in [0.5, 0.6) is 0 Å². The van der Waals surface area contributed by atoms with Crippen molar-refractivity contribution >= 4 is 50.9 Å². The molecule has 1 aromatic carbocycles. The van der Waals surface area contributed by atoms with Crippen LogP contribution in [0.4, 0.5) is 5.82 Å². The van der Waals surface area contributed by atoms with Crippen molar-refractivity contribution in [2.75, 3.05) is 19.0 Å². The third kappa shape index (κ3) is 2.15. The number of nitrogens with zero attached hydrogens (tertiary/aromatic N) is 3. The van der Waals surface area contributed by atoms with Gasteiger partial charge in [0.05, 0.1) is 5.52 Å². The number of hydrogen-bond acceptors (Lipinski definition) is 3. The summed E-state index contributed by atoms with van der Waals surface area (Å²) < 4.78 is 1.14. The molecule has 0 bridgehead atoms. The van der Waals surface area contributed by atoms with E-state index in [9.17, 15) is 0 Å². The van der Waals surface area contributed by atoms with Crippen molar-refractivity contribution in [3.05, 3.63) is 27.1 Å². The molecule has 3 nitrogen and oxygen atoms in total. The summed E-state index contributed by atoms with van der Waals surface area (Å²) in [7, 11) is 3.88. The second-order valence-corrected chi connectivity index (χ2v) is 4.96. The predicted molar refractivity (Wildman–Crippen MR) is 71.6 cm³/mol. The maximum atomic E-state index is 5.87. The first-order chi connectivity index (χ1) is 7.08. The summed E-state index contributed by atoms with van der Waals surface area (Å²) >= 11 is 8.12. The van der Waals surface area contributed by atoms with Gasteiger partial charge in [-0.2, -0.15) is 4.98 Å². The summed E-state index contributed by atoms with van der Waals surface area (Å²) in [5, 5.41) is 1.30. The largest absolute Gasteiger partial charge is 0.362 e. The van der Waals surface area contributed by atoms with Gasteiger partial charge in [-0.1, -0.05) is 0 Å². The third-order valence-electron chi connectivity index (χ3n) is 2.04. The van der Waals surface area contributed by atoms with Gasteiger partial charge in [0.1, 0.15) is 5.82 Å². The summed E-state index contributed by atoms with van der Waals surface area (Å²) in [4.78, 5) is 10.3. The Hall–Kier alpha value is -0.620. The SMILES string of the molecule is CN(C)c1nc(Cl)nc2cc(I)ccc12. The highest BCUT2D eigenvalue weighted by Crippen LogP contribution is 2.25. The van der Waals surface area contributed by atoms with E-state index < -0.39 is 0 Å². The Balaban J connectivity index is 2.80. The van der Waals surface area contributed by atoms with Gasteiger partial charge in [-0.05, 0) is 52.4 Å². The summed E-state index contributed by atoms with van der Waals surface area (Å²) in [6, 6.07) is 6.05. The number of hydrogen-bond donors (Lipinski definition) is 0. The van der Waals surface area contributed by atoms with E-state index in [0.717, 1.165) is 20.3 Å². The van der Waals surface area contributed by atoms with E-state index in [2.05, 4.69) is 32.6 Å². The molecule has 15 heavy (non-hydrogen) atoms. The lowest BCUT2D eigenvalue weighted by Crippen LogP contribution is -2.11. The van der Waals surface area contributed by atoms with Gasteiger partial charge in [-0.25, -0.2) is 4.98 Å². The van der Waals surface area contributed by atoms with Crippen LogP contribution < -0.4 is 4.90 Å². The fourth-order valence-electron chi connectivity index (χ4n) is 1.40. The first-order valence-corrected chi connectivity index (χ1v) is 5.84. The zero-order chi connectivity index (χ0) is 11.0. The first-order valence-electron chi connectivity index (χ1n) is 4.38. The Morgan fingerprint density at radius 1 is 1.27 bits per heavy atom. The Labute approximate surface area is 107 Å². The van der Waals surface area contributed by atoms with Crippen molar-refractivity contribution in [2.45, 2.75) is 0 Å². The smallest absolute Gasteiger partial charge is 0.224 e. The Bertz CT molecular complexity index is 508. The number of aromatic nitrogens is 2. The highest BCUT2D eigenvalue weighted by molar-refractivity contribution is 14.1. The molecule has 0 aliphatic rings. The molecule has 0 aliphatic carbocycles. The number of rotatable bonds is 1. The van der Waals surface area contributed by atoms with E-state index in [0.29, 0.717) is 0 Å². The van der Waals surface area contributed by atoms with Crippen molar-refractivity contribution in [3.8, 4) is 0 Å². The summed E-state index contributed by atoms with van der Waals surface area (Å²) in [5.74, 6) is 0.849. The van der Waals surface area contributed by atoms with Gasteiger partial charge in [-0.3, -0.25) is 0 Å². The highest BCUT2D eigenvalue weighted by atomic mass is 127. The zero-order valence-electron chi connectivity index (χ0n) is 8.33. The molecule has 0 amide bonds. The highest BCUT2D eigenvalue weighted by Gasteiger charge is 2.08. The maximum absolute atomic E-state index is 5.87. The van der Waals surface area contributed by atoms with Gasteiger partial charge >= 0.3 is 0 Å². The van der Waals surface area contributed by atoms with Gasteiger partial charge in [0.15, 0.2) is 0 Å². The zero-order valence-corrected chi connectivity index (χ0v) is 11.2. The molecule has 78 valence electrons. The molecule has 0 saturated carbocycles. The van der Waals surface area contributed by atoms with Crippen LogP contribution in [0.25, 0.3) is 10.9 Å². The monoisotopic (exact) mass is 333 g/mol. The lowest BCUT2D eigenvalue weighted by molar-refractivity contribution is 1.06. The fourth-order valence-corrected chi connectivity index (χ4v) is 2.05. The quantitative estimate of drug-likeness (QED) is 0.593. The van der Waals surface area contributed by atoms with Crippen molar-refractivity contribution in [2.24, 2.45) is 0 Å². The molecule has 0 saturated heterocycles. The van der Waals surface area contributed by atoms with E-state index in [1.165, 1.54) is 0 Å². The van der Waals surface area contributed by atoms with Gasteiger partial charge in [0.25, 0.3) is 0 Å². The lowest BCUT2D eigenvalue weighted by Gasteiger charge is -2.13. The number of halogens is 2. The van der Waals surface area contributed by atoms with Gasteiger partial charge in [-0.15, -0.1) is 0 Å². The normalized spacial score (nSPS) is 10.7.